The van der Waals surface area contributed by atoms with E-state index < -0.39 is 26.9 Å². The summed E-state index contributed by atoms with van der Waals surface area (Å²) in [6, 6.07) is 7.52. The zero-order valence-electron chi connectivity index (χ0n) is 7.91. The minimum Gasteiger partial charge on any atom is -0.212 e. The molecule has 2 nitrogen and oxygen atoms in total. The van der Waals surface area contributed by atoms with Crippen LogP contribution in [0.1, 0.15) is 5.56 Å². The summed E-state index contributed by atoms with van der Waals surface area (Å²) >= 11 is 0. The van der Waals surface area contributed by atoms with Crippen molar-refractivity contribution in [3.63, 3.8) is 0 Å². The minimum absolute atomic E-state index is 0.272. The van der Waals surface area contributed by atoms with Crippen molar-refractivity contribution in [2.45, 2.75) is 17.8 Å². The fourth-order valence-electron chi connectivity index (χ4n) is 1.20. The number of hydrogen-bond donors (Lipinski definition) is 0. The van der Waals surface area contributed by atoms with Gasteiger partial charge >= 0.3 is 6.18 Å². The molecular formula is C9H8ClF3O2S. The predicted octanol–water partition coefficient (Wildman–Crippen LogP) is 2.73. The normalized spacial score (nSPS) is 14.8. The monoisotopic (exact) mass is 272 g/mol. The summed E-state index contributed by atoms with van der Waals surface area (Å²) in [5.74, 6) is 0. The highest BCUT2D eigenvalue weighted by molar-refractivity contribution is 8.14. The van der Waals surface area contributed by atoms with Crippen LogP contribution in [0.25, 0.3) is 0 Å². The Hall–Kier alpha value is -0.750. The molecular weight excluding hydrogens is 265 g/mol. The Bertz CT molecular complexity index is 442. The molecule has 0 aliphatic rings. The molecule has 1 aromatic rings. The smallest absolute Gasteiger partial charge is 0.212 e. The zero-order valence-corrected chi connectivity index (χ0v) is 9.48. The predicted molar refractivity (Wildman–Crippen MR) is 54.8 cm³/mol. The van der Waals surface area contributed by atoms with Gasteiger partial charge in [0.2, 0.25) is 9.05 Å². The third-order valence-corrected chi connectivity index (χ3v) is 3.73. The van der Waals surface area contributed by atoms with Crippen molar-refractivity contribution in [3.05, 3.63) is 35.9 Å². The molecule has 0 heterocycles. The lowest BCUT2D eigenvalue weighted by molar-refractivity contribution is -0.129. The van der Waals surface area contributed by atoms with Crippen LogP contribution in [0.2, 0.25) is 0 Å². The van der Waals surface area contributed by atoms with Crippen molar-refractivity contribution in [1.29, 1.82) is 0 Å². The summed E-state index contributed by atoms with van der Waals surface area (Å²) in [6.07, 6.45) is -5.54. The Labute approximate surface area is 95.5 Å². The summed E-state index contributed by atoms with van der Waals surface area (Å²) in [6.45, 7) is 0. The first kappa shape index (κ1) is 13.3. The third kappa shape index (κ3) is 3.68. The van der Waals surface area contributed by atoms with Gasteiger partial charge in [0.1, 0.15) is 0 Å². The molecule has 0 spiro atoms. The molecule has 1 atom stereocenters. The van der Waals surface area contributed by atoms with E-state index in [-0.39, 0.29) is 5.56 Å². The summed E-state index contributed by atoms with van der Waals surface area (Å²) in [7, 11) is 0.112. The molecule has 0 N–H and O–H groups in total. The van der Waals surface area contributed by atoms with Crippen molar-refractivity contribution in [2.24, 2.45) is 0 Å². The Kier molecular flexibility index (Phi) is 3.85. The van der Waals surface area contributed by atoms with E-state index in [2.05, 4.69) is 0 Å². The molecule has 0 aliphatic heterocycles. The topological polar surface area (TPSA) is 34.1 Å². The Morgan fingerprint density at radius 1 is 1.19 bits per heavy atom. The second-order valence-electron chi connectivity index (χ2n) is 3.20. The number of halogens is 4. The number of benzene rings is 1. The fourth-order valence-corrected chi connectivity index (χ4v) is 2.41. The average Bonchev–Trinajstić information content (AvgIpc) is 2.12. The molecule has 0 aliphatic carbocycles. The maximum absolute atomic E-state index is 12.4. The molecule has 1 unspecified atom stereocenters. The lowest BCUT2D eigenvalue weighted by Gasteiger charge is -2.16. The second-order valence-corrected chi connectivity index (χ2v) is 6.01. The molecule has 1 rings (SSSR count). The van der Waals surface area contributed by atoms with E-state index >= 15 is 0 Å². The molecule has 0 saturated carbocycles. The van der Waals surface area contributed by atoms with Gasteiger partial charge in [-0.25, -0.2) is 8.42 Å². The summed E-state index contributed by atoms with van der Waals surface area (Å²) < 4.78 is 59.0. The maximum atomic E-state index is 12.4. The van der Waals surface area contributed by atoms with E-state index in [1.807, 2.05) is 0 Å². The van der Waals surface area contributed by atoms with E-state index in [0.29, 0.717) is 0 Å². The van der Waals surface area contributed by atoms with E-state index in [4.69, 9.17) is 10.7 Å². The van der Waals surface area contributed by atoms with Gasteiger partial charge in [-0.1, -0.05) is 30.3 Å². The molecule has 16 heavy (non-hydrogen) atoms. The molecule has 0 bridgehead atoms. The second kappa shape index (κ2) is 4.63. The standard InChI is InChI=1S/C9H8ClF3O2S/c10-16(14,15)8(9(11,12)13)6-7-4-2-1-3-5-7/h1-5,8H,6H2. The third-order valence-electron chi connectivity index (χ3n) is 1.97. The van der Waals surface area contributed by atoms with Crippen LogP contribution < -0.4 is 0 Å². The highest BCUT2D eigenvalue weighted by atomic mass is 35.7. The van der Waals surface area contributed by atoms with Crippen LogP contribution in [0.5, 0.6) is 0 Å². The molecule has 0 fully saturated rings. The lowest BCUT2D eigenvalue weighted by Crippen LogP contribution is -2.35. The van der Waals surface area contributed by atoms with Crippen molar-refractivity contribution in [1.82, 2.24) is 0 Å². The highest BCUT2D eigenvalue weighted by Gasteiger charge is 2.47. The molecule has 90 valence electrons. The number of rotatable bonds is 3. The average molecular weight is 273 g/mol. The quantitative estimate of drug-likeness (QED) is 0.793. The lowest BCUT2D eigenvalue weighted by atomic mass is 10.1. The van der Waals surface area contributed by atoms with Gasteiger partial charge in [-0.2, -0.15) is 13.2 Å². The molecule has 0 saturated heterocycles. The van der Waals surface area contributed by atoms with Gasteiger partial charge in [0.15, 0.2) is 5.25 Å². The Morgan fingerprint density at radius 2 is 1.69 bits per heavy atom. The largest absolute Gasteiger partial charge is 0.407 e. The van der Waals surface area contributed by atoms with Gasteiger partial charge in [0, 0.05) is 10.7 Å². The summed E-state index contributed by atoms with van der Waals surface area (Å²) in [5.41, 5.74) is 0.272. The van der Waals surface area contributed by atoms with Crippen LogP contribution in [0, 0.1) is 0 Å². The Morgan fingerprint density at radius 3 is 2.06 bits per heavy atom. The molecule has 0 aromatic heterocycles. The van der Waals surface area contributed by atoms with Gasteiger partial charge in [-0.05, 0) is 12.0 Å². The number of alkyl halides is 3. The van der Waals surface area contributed by atoms with Crippen molar-refractivity contribution >= 4 is 19.7 Å². The van der Waals surface area contributed by atoms with Crippen molar-refractivity contribution < 1.29 is 21.6 Å². The summed E-state index contributed by atoms with van der Waals surface area (Å²) in [4.78, 5) is 0. The van der Waals surface area contributed by atoms with Crippen molar-refractivity contribution in [3.8, 4) is 0 Å². The first-order valence-electron chi connectivity index (χ1n) is 4.25. The molecule has 0 radical (unpaired) electrons. The van der Waals surface area contributed by atoms with Gasteiger partial charge in [0.25, 0.3) is 0 Å². The highest BCUT2D eigenvalue weighted by Crippen LogP contribution is 2.30. The SMILES string of the molecule is O=S(=O)(Cl)C(Cc1ccccc1)C(F)(F)F. The van der Waals surface area contributed by atoms with Gasteiger partial charge < -0.3 is 0 Å². The first-order valence-corrected chi connectivity index (χ1v) is 6.62. The van der Waals surface area contributed by atoms with E-state index in [1.54, 1.807) is 6.07 Å². The van der Waals surface area contributed by atoms with Crippen LogP contribution in [0.3, 0.4) is 0 Å². The van der Waals surface area contributed by atoms with Crippen LogP contribution in [0.15, 0.2) is 30.3 Å². The first-order chi connectivity index (χ1) is 7.21. The number of hydrogen-bond acceptors (Lipinski definition) is 2. The van der Waals surface area contributed by atoms with Gasteiger partial charge in [-0.15, -0.1) is 0 Å². The van der Waals surface area contributed by atoms with E-state index in [9.17, 15) is 21.6 Å². The van der Waals surface area contributed by atoms with Crippen LogP contribution >= 0.6 is 10.7 Å². The van der Waals surface area contributed by atoms with Gasteiger partial charge in [-0.3, -0.25) is 0 Å². The van der Waals surface area contributed by atoms with Crippen LogP contribution in [-0.2, 0) is 15.5 Å². The zero-order chi connectivity index (χ0) is 12.4. The summed E-state index contributed by atoms with van der Waals surface area (Å²) in [5, 5.41) is -2.57. The molecule has 1 aromatic carbocycles. The van der Waals surface area contributed by atoms with E-state index in [0.717, 1.165) is 0 Å². The maximum Gasteiger partial charge on any atom is 0.407 e. The van der Waals surface area contributed by atoms with Crippen molar-refractivity contribution in [2.75, 3.05) is 0 Å². The van der Waals surface area contributed by atoms with Crippen LogP contribution in [-0.4, -0.2) is 19.8 Å². The fraction of sp³-hybridized carbons (Fsp3) is 0.333. The molecule has 7 heteroatoms. The Balaban J connectivity index is 2.99. The van der Waals surface area contributed by atoms with E-state index in [1.165, 1.54) is 24.3 Å². The minimum atomic E-state index is -4.86. The molecule has 0 amide bonds. The van der Waals surface area contributed by atoms with Crippen LogP contribution in [0.4, 0.5) is 13.2 Å². The van der Waals surface area contributed by atoms with Gasteiger partial charge in [0.05, 0.1) is 0 Å².